The van der Waals surface area contributed by atoms with E-state index in [9.17, 15) is 8.78 Å². The second-order valence-corrected chi connectivity index (χ2v) is 6.24. The highest BCUT2D eigenvalue weighted by atomic mass is 79.9. The van der Waals surface area contributed by atoms with Crippen LogP contribution in [0.5, 0.6) is 0 Å². The Kier molecular flexibility index (Phi) is 7.18. The van der Waals surface area contributed by atoms with Crippen molar-refractivity contribution in [2.24, 2.45) is 0 Å². The molecule has 0 saturated carbocycles. The van der Waals surface area contributed by atoms with Gasteiger partial charge in [-0.15, -0.1) is 0 Å². The van der Waals surface area contributed by atoms with Crippen LogP contribution in [0.4, 0.5) is 8.78 Å². The van der Waals surface area contributed by atoms with Gasteiger partial charge in [0.1, 0.15) is 12.5 Å². The van der Waals surface area contributed by atoms with Crippen LogP contribution in [0.3, 0.4) is 0 Å². The molecule has 0 aliphatic rings. The average molecular weight is 457 g/mol. The zero-order valence-electron chi connectivity index (χ0n) is 10.1. The van der Waals surface area contributed by atoms with E-state index in [-0.39, 0.29) is 5.82 Å². The lowest BCUT2D eigenvalue weighted by Gasteiger charge is -1.99. The van der Waals surface area contributed by atoms with Gasteiger partial charge in [-0.2, -0.15) is 0 Å². The lowest BCUT2D eigenvalue weighted by Crippen LogP contribution is -1.80. The first-order valence-corrected chi connectivity index (χ1v) is 7.74. The van der Waals surface area contributed by atoms with Crippen molar-refractivity contribution < 1.29 is 8.78 Å². The molecule has 2 aromatic rings. The van der Waals surface area contributed by atoms with Crippen LogP contribution in [0.15, 0.2) is 49.8 Å². The fraction of sp³-hybridized carbons (Fsp3) is 0.143. The van der Waals surface area contributed by atoms with Gasteiger partial charge in [0.05, 0.1) is 0 Å². The first-order valence-electron chi connectivity index (χ1n) is 5.36. The highest BCUT2D eigenvalue weighted by Gasteiger charge is 2.00. The van der Waals surface area contributed by atoms with Crippen molar-refractivity contribution in [3.63, 3.8) is 0 Å². The first kappa shape index (κ1) is 16.8. The smallest absolute Gasteiger partial charge is 0.124 e. The Hall–Kier alpha value is -0.260. The normalized spacial score (nSPS) is 9.79. The van der Waals surface area contributed by atoms with Gasteiger partial charge in [-0.25, -0.2) is 8.78 Å². The summed E-state index contributed by atoms with van der Waals surface area (Å²) in [5.41, 5.74) is 1.73. The summed E-state index contributed by atoms with van der Waals surface area (Å²) in [6.45, 7) is 1.49. The minimum absolute atomic E-state index is 0.201. The van der Waals surface area contributed by atoms with Gasteiger partial charge in [-0.3, -0.25) is 0 Å². The van der Waals surface area contributed by atoms with Gasteiger partial charge in [0.25, 0.3) is 0 Å². The monoisotopic (exact) mass is 454 g/mol. The van der Waals surface area contributed by atoms with Crippen molar-refractivity contribution in [1.29, 1.82) is 0 Å². The van der Waals surface area contributed by atoms with E-state index < -0.39 is 6.67 Å². The maximum atomic E-state index is 12.3. The summed E-state index contributed by atoms with van der Waals surface area (Å²) in [7, 11) is 0. The molecule has 0 amide bonds. The van der Waals surface area contributed by atoms with Crippen LogP contribution in [0.2, 0.25) is 0 Å². The van der Waals surface area contributed by atoms with Crippen LogP contribution in [-0.4, -0.2) is 0 Å². The van der Waals surface area contributed by atoms with E-state index in [0.717, 1.165) is 19.0 Å². The Bertz CT molecular complexity index is 556. The molecule has 0 fully saturated rings. The number of hydrogen-bond acceptors (Lipinski definition) is 0. The fourth-order valence-corrected chi connectivity index (χ4v) is 2.35. The summed E-state index contributed by atoms with van der Waals surface area (Å²) in [4.78, 5) is 0. The van der Waals surface area contributed by atoms with Crippen molar-refractivity contribution in [3.8, 4) is 0 Å². The topological polar surface area (TPSA) is 0 Å². The van der Waals surface area contributed by atoms with Crippen molar-refractivity contribution in [2.75, 3.05) is 0 Å². The van der Waals surface area contributed by atoms with Crippen molar-refractivity contribution in [2.45, 2.75) is 13.6 Å². The van der Waals surface area contributed by atoms with E-state index in [1.54, 1.807) is 12.1 Å². The van der Waals surface area contributed by atoms with E-state index in [2.05, 4.69) is 47.8 Å². The first-order chi connectivity index (χ1) is 8.95. The summed E-state index contributed by atoms with van der Waals surface area (Å²) in [6, 6.07) is 10.1. The van der Waals surface area contributed by atoms with Crippen LogP contribution in [0.25, 0.3) is 0 Å². The van der Waals surface area contributed by atoms with Gasteiger partial charge in [-0.05, 0) is 68.1 Å². The molecule has 0 nitrogen and oxygen atoms in total. The molecule has 0 aromatic heterocycles. The number of rotatable bonds is 1. The molecule has 0 aliphatic heterocycles. The van der Waals surface area contributed by atoms with Crippen LogP contribution in [-0.2, 0) is 6.67 Å². The molecular weight excluding hydrogens is 446 g/mol. The molecule has 0 heterocycles. The van der Waals surface area contributed by atoms with E-state index in [1.165, 1.54) is 12.1 Å². The molecule has 0 bridgehead atoms. The van der Waals surface area contributed by atoms with Crippen molar-refractivity contribution in [1.82, 2.24) is 0 Å². The van der Waals surface area contributed by atoms with E-state index >= 15 is 0 Å². The number of aryl methyl sites for hydroxylation is 1. The Morgan fingerprint density at radius 3 is 2.16 bits per heavy atom. The second kappa shape index (κ2) is 8.12. The summed E-state index contributed by atoms with van der Waals surface area (Å²) in [5.74, 6) is -0.201. The molecule has 0 aliphatic carbocycles. The molecule has 0 N–H and O–H groups in total. The minimum Gasteiger partial charge on any atom is -0.246 e. The van der Waals surface area contributed by atoms with Gasteiger partial charge in [0.2, 0.25) is 0 Å². The zero-order valence-corrected chi connectivity index (χ0v) is 14.8. The van der Waals surface area contributed by atoms with Gasteiger partial charge >= 0.3 is 0 Å². The molecule has 5 heteroatoms. The molecule has 0 saturated heterocycles. The number of benzene rings is 2. The van der Waals surface area contributed by atoms with Crippen LogP contribution < -0.4 is 0 Å². The van der Waals surface area contributed by atoms with Gasteiger partial charge < -0.3 is 0 Å². The minimum atomic E-state index is -0.431. The maximum absolute atomic E-state index is 12.3. The van der Waals surface area contributed by atoms with Gasteiger partial charge in [0, 0.05) is 13.4 Å². The third-order valence-electron chi connectivity index (χ3n) is 2.31. The lowest BCUT2D eigenvalue weighted by atomic mass is 10.2. The quantitative estimate of drug-likeness (QED) is 0.454. The highest BCUT2D eigenvalue weighted by Crippen LogP contribution is 2.26. The number of hydrogen-bond donors (Lipinski definition) is 0. The summed E-state index contributed by atoms with van der Waals surface area (Å²) in [6.07, 6.45) is 0. The molecule has 102 valence electrons. The molecule has 0 radical (unpaired) electrons. The molecular formula is C14H11Br3F2. The maximum Gasteiger partial charge on any atom is 0.124 e. The van der Waals surface area contributed by atoms with Crippen molar-refractivity contribution in [3.05, 3.63) is 66.8 Å². The van der Waals surface area contributed by atoms with Crippen molar-refractivity contribution >= 4 is 47.8 Å². The Labute approximate surface area is 136 Å². The molecule has 0 unspecified atom stereocenters. The summed E-state index contributed by atoms with van der Waals surface area (Å²) < 4.78 is 26.9. The van der Waals surface area contributed by atoms with Crippen LogP contribution >= 0.6 is 47.8 Å². The Morgan fingerprint density at radius 2 is 1.68 bits per heavy atom. The molecule has 0 spiro atoms. The molecule has 2 aromatic carbocycles. The predicted octanol–water partition coefficient (Wildman–Crippen LogP) is 6.58. The van der Waals surface area contributed by atoms with Gasteiger partial charge in [0.15, 0.2) is 0 Å². The Balaban J connectivity index is 0.000000191. The van der Waals surface area contributed by atoms with Crippen LogP contribution in [0.1, 0.15) is 11.1 Å². The molecule has 2 rings (SSSR count). The Morgan fingerprint density at radius 1 is 1.00 bits per heavy atom. The third kappa shape index (κ3) is 5.32. The third-order valence-corrected chi connectivity index (χ3v) is 5.29. The number of halogens is 5. The second-order valence-electron chi connectivity index (χ2n) is 3.74. The molecule has 0 atom stereocenters. The van der Waals surface area contributed by atoms with Crippen LogP contribution in [0, 0.1) is 12.7 Å². The van der Waals surface area contributed by atoms with E-state index in [0.29, 0.717) is 5.56 Å². The SMILES string of the molecule is Cc1ccc(F)cc1Br.FCc1cccc(Br)c1Br. The zero-order chi connectivity index (χ0) is 14.4. The molecule has 19 heavy (non-hydrogen) atoms. The summed E-state index contributed by atoms with van der Waals surface area (Å²) in [5, 5.41) is 0. The standard InChI is InChI=1S/C7H5Br2F.C7H6BrF/c8-6-3-1-2-5(4-10)7(6)9;1-5-2-3-6(9)4-7(5)8/h1-3H,4H2;2-4H,1H3. The van der Waals surface area contributed by atoms with E-state index in [1.807, 2.05) is 19.1 Å². The summed E-state index contributed by atoms with van der Waals surface area (Å²) >= 11 is 9.73. The van der Waals surface area contributed by atoms with Gasteiger partial charge in [-0.1, -0.05) is 34.1 Å². The van der Waals surface area contributed by atoms with E-state index in [4.69, 9.17) is 0 Å². The predicted molar refractivity (Wildman–Crippen MR) is 85.5 cm³/mol. The number of alkyl halides is 1. The lowest BCUT2D eigenvalue weighted by molar-refractivity contribution is 0.484. The fourth-order valence-electron chi connectivity index (χ4n) is 1.22. The highest BCUT2D eigenvalue weighted by molar-refractivity contribution is 9.13. The average Bonchev–Trinajstić information content (AvgIpc) is 2.38. The largest absolute Gasteiger partial charge is 0.246 e.